The second-order valence-corrected chi connectivity index (χ2v) is 5.71. The number of thioether (sulfide) groups is 1. The number of hydrogen-bond donors (Lipinski definition) is 2. The first-order valence-corrected chi connectivity index (χ1v) is 7.91. The minimum Gasteiger partial charge on any atom is -0.382 e. The van der Waals surface area contributed by atoms with Gasteiger partial charge >= 0.3 is 0 Å². The number of amides is 1. The van der Waals surface area contributed by atoms with E-state index in [1.807, 2.05) is 24.8 Å². The van der Waals surface area contributed by atoms with E-state index in [-0.39, 0.29) is 5.91 Å². The van der Waals surface area contributed by atoms with Gasteiger partial charge in [0.25, 0.3) is 5.91 Å². The topological polar surface area (TPSA) is 54.0 Å². The molecule has 1 heterocycles. The molecule has 0 aliphatic carbocycles. The third-order valence-electron chi connectivity index (χ3n) is 2.64. The summed E-state index contributed by atoms with van der Waals surface area (Å²) in [7, 11) is 0. The minimum absolute atomic E-state index is 0.125. The fourth-order valence-corrected chi connectivity index (χ4v) is 2.47. The van der Waals surface area contributed by atoms with Crippen LogP contribution in [0.15, 0.2) is 18.3 Å². The zero-order chi connectivity index (χ0) is 14.1. The van der Waals surface area contributed by atoms with Gasteiger partial charge in [0, 0.05) is 24.5 Å². The molecule has 0 spiro atoms. The number of hydrogen-bond acceptors (Lipinski definition) is 4. The van der Waals surface area contributed by atoms with Gasteiger partial charge in [-0.25, -0.2) is 0 Å². The predicted octanol–water partition coefficient (Wildman–Crippen LogP) is 2.77. The Labute approximate surface area is 119 Å². The summed E-state index contributed by atoms with van der Waals surface area (Å²) in [6, 6.07) is 4.09. The van der Waals surface area contributed by atoms with Gasteiger partial charge in [-0.15, -0.1) is 0 Å². The lowest BCUT2D eigenvalue weighted by Crippen LogP contribution is -2.24. The van der Waals surface area contributed by atoms with Crippen molar-refractivity contribution in [3.63, 3.8) is 0 Å². The molecule has 0 saturated heterocycles. The number of carbonyl (C=O) groups excluding carboxylic acids is 1. The number of aromatic nitrogens is 1. The molecular weight excluding hydrogens is 258 g/mol. The molecule has 2 N–H and O–H groups in total. The van der Waals surface area contributed by atoms with E-state index in [2.05, 4.69) is 29.5 Å². The Kier molecular flexibility index (Phi) is 7.33. The number of anilines is 1. The first-order valence-electron chi connectivity index (χ1n) is 6.75. The first-order chi connectivity index (χ1) is 9.17. The molecule has 0 bridgehead atoms. The average Bonchev–Trinajstić information content (AvgIpc) is 2.39. The van der Waals surface area contributed by atoms with Crippen LogP contribution >= 0.6 is 11.8 Å². The van der Waals surface area contributed by atoms with Gasteiger partial charge in [-0.3, -0.25) is 9.78 Å². The lowest BCUT2D eigenvalue weighted by Gasteiger charge is -2.15. The maximum atomic E-state index is 11.7. The molecule has 19 heavy (non-hydrogen) atoms. The molecule has 1 aromatic heterocycles. The Hall–Kier alpha value is -1.23. The van der Waals surface area contributed by atoms with Gasteiger partial charge < -0.3 is 10.6 Å². The second kappa shape index (κ2) is 8.80. The molecule has 106 valence electrons. The molecule has 0 saturated carbocycles. The van der Waals surface area contributed by atoms with Crippen LogP contribution in [0.4, 0.5) is 5.69 Å². The number of nitrogens with zero attached hydrogens (tertiary/aromatic N) is 1. The van der Waals surface area contributed by atoms with Crippen LogP contribution in [0.2, 0.25) is 0 Å². The molecule has 1 atom stereocenters. The maximum Gasteiger partial charge on any atom is 0.269 e. The highest BCUT2D eigenvalue weighted by Crippen LogP contribution is 2.12. The van der Waals surface area contributed by atoms with Crippen LogP contribution in [0.3, 0.4) is 0 Å². The van der Waals surface area contributed by atoms with Gasteiger partial charge in [0.15, 0.2) is 0 Å². The quantitative estimate of drug-likeness (QED) is 0.719. The Morgan fingerprint density at radius 2 is 2.26 bits per heavy atom. The van der Waals surface area contributed by atoms with E-state index in [1.165, 1.54) is 0 Å². The monoisotopic (exact) mass is 281 g/mol. The lowest BCUT2D eigenvalue weighted by atomic mass is 10.2. The average molecular weight is 281 g/mol. The largest absolute Gasteiger partial charge is 0.382 e. The van der Waals surface area contributed by atoms with E-state index in [4.69, 9.17) is 0 Å². The van der Waals surface area contributed by atoms with Crippen LogP contribution in [0, 0.1) is 0 Å². The molecule has 0 radical (unpaired) electrons. The van der Waals surface area contributed by atoms with Gasteiger partial charge in [0.2, 0.25) is 0 Å². The molecule has 1 aromatic rings. The van der Waals surface area contributed by atoms with E-state index in [9.17, 15) is 4.79 Å². The van der Waals surface area contributed by atoms with Crippen molar-refractivity contribution in [1.29, 1.82) is 0 Å². The molecule has 0 fully saturated rings. The molecule has 1 unspecified atom stereocenters. The Morgan fingerprint density at radius 3 is 2.95 bits per heavy atom. The summed E-state index contributed by atoms with van der Waals surface area (Å²) in [6.07, 6.45) is 2.78. The molecule has 0 aliphatic heterocycles. The first kappa shape index (κ1) is 15.8. The van der Waals surface area contributed by atoms with Crippen molar-refractivity contribution >= 4 is 23.4 Å². The molecule has 1 amide bonds. The highest BCUT2D eigenvalue weighted by atomic mass is 32.2. The number of carbonyl (C=O) groups is 1. The van der Waals surface area contributed by atoms with E-state index < -0.39 is 0 Å². The van der Waals surface area contributed by atoms with Crippen LogP contribution in [-0.2, 0) is 0 Å². The molecule has 0 aliphatic rings. The third kappa shape index (κ3) is 5.96. The molecule has 1 rings (SSSR count). The number of pyridine rings is 1. The summed E-state index contributed by atoms with van der Waals surface area (Å²) in [5.41, 5.74) is 1.41. The van der Waals surface area contributed by atoms with E-state index >= 15 is 0 Å². The van der Waals surface area contributed by atoms with Crippen LogP contribution < -0.4 is 10.6 Å². The van der Waals surface area contributed by atoms with Crippen LogP contribution in [0.25, 0.3) is 0 Å². The molecule has 4 nitrogen and oxygen atoms in total. The van der Waals surface area contributed by atoms with E-state index in [0.717, 1.165) is 23.6 Å². The molecular formula is C14H23N3OS. The van der Waals surface area contributed by atoms with Crippen LogP contribution in [-0.4, -0.2) is 35.0 Å². The summed E-state index contributed by atoms with van der Waals surface area (Å²) in [5, 5.41) is 6.16. The van der Waals surface area contributed by atoms with E-state index in [1.54, 1.807) is 12.3 Å². The fraction of sp³-hybridized carbons (Fsp3) is 0.571. The highest BCUT2D eigenvalue weighted by molar-refractivity contribution is 7.99. The summed E-state index contributed by atoms with van der Waals surface area (Å²) >= 11 is 1.95. The molecule has 0 aromatic carbocycles. The van der Waals surface area contributed by atoms with Crippen molar-refractivity contribution < 1.29 is 4.79 Å². The minimum atomic E-state index is -0.125. The highest BCUT2D eigenvalue weighted by Gasteiger charge is 2.08. The van der Waals surface area contributed by atoms with Crippen LogP contribution in [0.1, 0.15) is 37.7 Å². The van der Waals surface area contributed by atoms with Gasteiger partial charge in [-0.2, -0.15) is 11.8 Å². The van der Waals surface area contributed by atoms with Crippen molar-refractivity contribution in [2.24, 2.45) is 0 Å². The third-order valence-corrected chi connectivity index (χ3v) is 3.57. The summed E-state index contributed by atoms with van der Waals surface area (Å²) in [4.78, 5) is 15.8. The molecule has 5 heteroatoms. The summed E-state index contributed by atoms with van der Waals surface area (Å²) in [5.74, 6) is 2.18. The normalized spacial score (nSPS) is 11.9. The number of nitrogens with one attached hydrogen (secondary N) is 2. The van der Waals surface area contributed by atoms with Crippen molar-refractivity contribution in [2.45, 2.75) is 33.2 Å². The number of rotatable bonds is 8. The zero-order valence-corrected chi connectivity index (χ0v) is 12.7. The van der Waals surface area contributed by atoms with Gasteiger partial charge in [0.05, 0.1) is 0 Å². The van der Waals surface area contributed by atoms with Crippen molar-refractivity contribution in [3.8, 4) is 0 Å². The summed E-state index contributed by atoms with van der Waals surface area (Å²) < 4.78 is 0. The standard InChI is InChI=1S/C14H23N3OS/c1-4-15-14(18)13-10-12(6-8-16-13)17-11(3)7-9-19-5-2/h6,8,10-11H,4-5,7,9H2,1-3H3,(H,15,18)(H,16,17). The van der Waals surface area contributed by atoms with Crippen LogP contribution in [0.5, 0.6) is 0 Å². The second-order valence-electron chi connectivity index (χ2n) is 4.32. The van der Waals surface area contributed by atoms with Gasteiger partial charge in [-0.1, -0.05) is 6.92 Å². The lowest BCUT2D eigenvalue weighted by molar-refractivity contribution is 0.0951. The Morgan fingerprint density at radius 1 is 1.47 bits per heavy atom. The predicted molar refractivity (Wildman–Crippen MR) is 82.9 cm³/mol. The SMILES string of the molecule is CCNC(=O)c1cc(NC(C)CCSCC)ccn1. The van der Waals surface area contributed by atoms with Gasteiger partial charge in [0.1, 0.15) is 5.69 Å². The Bertz CT molecular complexity index is 398. The zero-order valence-electron chi connectivity index (χ0n) is 11.9. The van der Waals surface area contributed by atoms with Crippen molar-refractivity contribution in [1.82, 2.24) is 10.3 Å². The van der Waals surface area contributed by atoms with Gasteiger partial charge in [-0.05, 0) is 43.9 Å². The summed E-state index contributed by atoms with van der Waals surface area (Å²) in [6.45, 7) is 6.84. The van der Waals surface area contributed by atoms with E-state index in [0.29, 0.717) is 18.3 Å². The fourth-order valence-electron chi connectivity index (χ4n) is 1.66. The smallest absolute Gasteiger partial charge is 0.269 e. The Balaban J connectivity index is 2.54. The maximum absolute atomic E-state index is 11.7. The van der Waals surface area contributed by atoms with Crippen molar-refractivity contribution in [2.75, 3.05) is 23.4 Å². The van der Waals surface area contributed by atoms with Crippen molar-refractivity contribution in [3.05, 3.63) is 24.0 Å².